The molecular weight excluding hydrogens is 238 g/mol. The van der Waals surface area contributed by atoms with E-state index in [1.165, 1.54) is 37.5 Å². The molecule has 0 saturated heterocycles. The van der Waals surface area contributed by atoms with Crippen LogP contribution in [-0.2, 0) is 9.53 Å². The minimum atomic E-state index is -0.504. The molecule has 0 aromatic heterocycles. The van der Waals surface area contributed by atoms with Gasteiger partial charge in [-0.05, 0) is 19.1 Å². The van der Waals surface area contributed by atoms with E-state index in [9.17, 15) is 14.9 Å². The first-order valence-electron chi connectivity index (χ1n) is 5.25. The van der Waals surface area contributed by atoms with E-state index in [2.05, 4.69) is 4.74 Å². The van der Waals surface area contributed by atoms with Gasteiger partial charge in [0.25, 0.3) is 5.69 Å². The zero-order valence-electron chi connectivity index (χ0n) is 10.1. The summed E-state index contributed by atoms with van der Waals surface area (Å²) in [6.45, 7) is 2.15. The van der Waals surface area contributed by atoms with Crippen LogP contribution in [0.4, 0.5) is 5.69 Å². The molecule has 0 aliphatic carbocycles. The summed E-state index contributed by atoms with van der Waals surface area (Å²) in [6, 6.07) is 4.18. The Bertz CT molecular complexity index is 481. The molecule has 1 aromatic carbocycles. The number of carbonyl (C=O) groups excluding carboxylic acids is 1. The Balaban J connectivity index is 3.07. The number of nitro groups is 1. The molecule has 6 heteroatoms. The smallest absolute Gasteiger partial charge is 0.330 e. The molecule has 0 fully saturated rings. The maximum Gasteiger partial charge on any atom is 0.330 e. The third-order valence-corrected chi connectivity index (χ3v) is 2.11. The van der Waals surface area contributed by atoms with Crippen LogP contribution in [0.25, 0.3) is 6.08 Å². The minimum Gasteiger partial charge on any atom is -0.493 e. The molecule has 96 valence electrons. The number of hydrogen-bond donors (Lipinski definition) is 0. The monoisotopic (exact) mass is 251 g/mol. The van der Waals surface area contributed by atoms with Crippen molar-refractivity contribution in [2.24, 2.45) is 0 Å². The normalized spacial score (nSPS) is 10.3. The molecule has 0 saturated carbocycles. The molecule has 0 heterocycles. The van der Waals surface area contributed by atoms with Gasteiger partial charge in [0.15, 0.2) is 0 Å². The number of ether oxygens (including phenoxy) is 2. The van der Waals surface area contributed by atoms with E-state index in [0.717, 1.165) is 0 Å². The van der Waals surface area contributed by atoms with Crippen LogP contribution in [0.15, 0.2) is 24.3 Å². The number of hydrogen-bond acceptors (Lipinski definition) is 5. The van der Waals surface area contributed by atoms with Crippen LogP contribution in [0.3, 0.4) is 0 Å². The summed E-state index contributed by atoms with van der Waals surface area (Å²) in [5.74, 6) is -0.150. The number of benzene rings is 1. The first-order valence-corrected chi connectivity index (χ1v) is 5.25. The second-order valence-electron chi connectivity index (χ2n) is 3.27. The van der Waals surface area contributed by atoms with E-state index >= 15 is 0 Å². The Morgan fingerprint density at radius 3 is 2.78 bits per heavy atom. The summed E-state index contributed by atoms with van der Waals surface area (Å²) in [4.78, 5) is 21.1. The molecule has 0 aliphatic heterocycles. The fraction of sp³-hybridized carbons (Fsp3) is 0.250. The SMILES string of the molecule is CCOc1cc([N+](=O)[O-])ccc1C=CC(=O)OC. The summed E-state index contributed by atoms with van der Waals surface area (Å²) < 4.78 is 9.74. The minimum absolute atomic E-state index is 0.0614. The van der Waals surface area contributed by atoms with E-state index in [1.54, 1.807) is 6.92 Å². The van der Waals surface area contributed by atoms with Crippen molar-refractivity contribution in [3.8, 4) is 5.75 Å². The van der Waals surface area contributed by atoms with Gasteiger partial charge in [-0.1, -0.05) is 0 Å². The van der Waals surface area contributed by atoms with Crippen LogP contribution in [0.2, 0.25) is 0 Å². The third-order valence-electron chi connectivity index (χ3n) is 2.11. The zero-order chi connectivity index (χ0) is 13.5. The number of methoxy groups -OCH3 is 1. The Morgan fingerprint density at radius 1 is 1.50 bits per heavy atom. The van der Waals surface area contributed by atoms with Gasteiger partial charge in [-0.25, -0.2) is 4.79 Å². The van der Waals surface area contributed by atoms with Crippen molar-refractivity contribution in [2.75, 3.05) is 13.7 Å². The van der Waals surface area contributed by atoms with Crippen molar-refractivity contribution in [3.63, 3.8) is 0 Å². The quantitative estimate of drug-likeness (QED) is 0.347. The highest BCUT2D eigenvalue weighted by molar-refractivity contribution is 5.87. The summed E-state index contributed by atoms with van der Waals surface area (Å²) in [7, 11) is 1.27. The van der Waals surface area contributed by atoms with Gasteiger partial charge in [0.1, 0.15) is 5.75 Å². The molecule has 18 heavy (non-hydrogen) atoms. The molecule has 0 spiro atoms. The molecule has 1 rings (SSSR count). The molecule has 0 atom stereocenters. The van der Waals surface area contributed by atoms with Gasteiger partial charge in [0, 0.05) is 17.7 Å². The van der Waals surface area contributed by atoms with Gasteiger partial charge in [0.2, 0.25) is 0 Å². The Morgan fingerprint density at radius 2 is 2.22 bits per heavy atom. The maximum absolute atomic E-state index is 11.0. The molecular formula is C12H13NO5. The number of nitrogens with zero attached hydrogens (tertiary/aromatic N) is 1. The van der Waals surface area contributed by atoms with Crippen molar-refractivity contribution in [3.05, 3.63) is 40.0 Å². The van der Waals surface area contributed by atoms with Crippen LogP contribution in [0, 0.1) is 10.1 Å². The topological polar surface area (TPSA) is 78.7 Å². The molecule has 1 aromatic rings. The van der Waals surface area contributed by atoms with Crippen LogP contribution >= 0.6 is 0 Å². The van der Waals surface area contributed by atoms with E-state index < -0.39 is 10.9 Å². The van der Waals surface area contributed by atoms with Gasteiger partial charge < -0.3 is 9.47 Å². The molecule has 0 amide bonds. The summed E-state index contributed by atoms with van der Waals surface area (Å²) in [6.07, 6.45) is 2.71. The lowest BCUT2D eigenvalue weighted by molar-refractivity contribution is -0.384. The Labute approximate surface area is 104 Å². The molecule has 0 radical (unpaired) electrons. The third kappa shape index (κ3) is 3.58. The van der Waals surface area contributed by atoms with E-state index in [0.29, 0.717) is 17.9 Å². The molecule has 0 unspecified atom stereocenters. The first kappa shape index (κ1) is 13.7. The van der Waals surface area contributed by atoms with Crippen molar-refractivity contribution in [1.82, 2.24) is 0 Å². The maximum atomic E-state index is 11.0. The van der Waals surface area contributed by atoms with Gasteiger partial charge in [-0.3, -0.25) is 10.1 Å². The molecule has 0 bridgehead atoms. The number of rotatable bonds is 5. The average Bonchev–Trinajstić information content (AvgIpc) is 2.36. The van der Waals surface area contributed by atoms with Gasteiger partial charge in [-0.15, -0.1) is 0 Å². The van der Waals surface area contributed by atoms with Crippen LogP contribution < -0.4 is 4.74 Å². The van der Waals surface area contributed by atoms with E-state index in [4.69, 9.17) is 4.74 Å². The molecule has 6 nitrogen and oxygen atoms in total. The summed E-state index contributed by atoms with van der Waals surface area (Å²) in [5, 5.41) is 10.6. The number of non-ortho nitro benzene ring substituents is 1. The van der Waals surface area contributed by atoms with Crippen molar-refractivity contribution >= 4 is 17.7 Å². The number of carbonyl (C=O) groups is 1. The van der Waals surface area contributed by atoms with Crippen LogP contribution in [-0.4, -0.2) is 24.6 Å². The average molecular weight is 251 g/mol. The fourth-order valence-corrected chi connectivity index (χ4v) is 1.28. The Kier molecular flexibility index (Phi) is 4.86. The number of nitro benzene ring substituents is 1. The fourth-order valence-electron chi connectivity index (χ4n) is 1.28. The first-order chi connectivity index (χ1) is 8.58. The van der Waals surface area contributed by atoms with Crippen molar-refractivity contribution in [2.45, 2.75) is 6.92 Å². The van der Waals surface area contributed by atoms with Crippen molar-refractivity contribution in [1.29, 1.82) is 0 Å². The lowest BCUT2D eigenvalue weighted by atomic mass is 10.1. The Hall–Kier alpha value is -2.37. The lowest BCUT2D eigenvalue weighted by Gasteiger charge is -2.06. The highest BCUT2D eigenvalue weighted by atomic mass is 16.6. The second kappa shape index (κ2) is 6.39. The van der Waals surface area contributed by atoms with Crippen molar-refractivity contribution < 1.29 is 19.2 Å². The predicted octanol–water partition coefficient (Wildman–Crippen LogP) is 2.18. The highest BCUT2D eigenvalue weighted by Gasteiger charge is 2.10. The molecule has 0 N–H and O–H groups in total. The van der Waals surface area contributed by atoms with Gasteiger partial charge in [0.05, 0.1) is 24.7 Å². The second-order valence-corrected chi connectivity index (χ2v) is 3.27. The predicted molar refractivity (Wildman–Crippen MR) is 65.3 cm³/mol. The highest BCUT2D eigenvalue weighted by Crippen LogP contribution is 2.26. The van der Waals surface area contributed by atoms with Gasteiger partial charge >= 0.3 is 5.97 Å². The van der Waals surface area contributed by atoms with Crippen LogP contribution in [0.5, 0.6) is 5.75 Å². The summed E-state index contributed by atoms with van der Waals surface area (Å²) in [5.41, 5.74) is 0.515. The standard InChI is InChI=1S/C12H13NO5/c1-3-18-11-8-10(13(15)16)6-4-9(11)5-7-12(14)17-2/h4-8H,3H2,1-2H3. The zero-order valence-corrected chi connectivity index (χ0v) is 10.1. The van der Waals surface area contributed by atoms with E-state index in [-0.39, 0.29) is 5.69 Å². The largest absolute Gasteiger partial charge is 0.493 e. The lowest BCUT2D eigenvalue weighted by Crippen LogP contribution is -1.97. The van der Waals surface area contributed by atoms with Crippen LogP contribution in [0.1, 0.15) is 12.5 Å². The summed E-state index contributed by atoms with van der Waals surface area (Å²) >= 11 is 0. The number of esters is 1. The molecule has 0 aliphatic rings. The van der Waals surface area contributed by atoms with Gasteiger partial charge in [-0.2, -0.15) is 0 Å². The van der Waals surface area contributed by atoms with E-state index in [1.807, 2.05) is 0 Å².